The maximum absolute atomic E-state index is 12.0. The fourth-order valence-corrected chi connectivity index (χ4v) is 2.60. The standard InChI is InChI=1S/C13H25N3O2/c1-3-6-10(11(14)16-18)12(17)15-9-13(2)7-4-5-8-13/h10,18H,3-9H2,1-2H3,(H2,14,16)(H,15,17). The highest BCUT2D eigenvalue weighted by atomic mass is 16.4. The van der Waals surface area contributed by atoms with Crippen molar-refractivity contribution in [1.82, 2.24) is 5.32 Å². The molecule has 104 valence electrons. The molecule has 1 rings (SSSR count). The number of nitrogens with zero attached hydrogens (tertiary/aromatic N) is 1. The van der Waals surface area contributed by atoms with Crippen LogP contribution in [0.2, 0.25) is 0 Å². The third kappa shape index (κ3) is 3.89. The molecule has 0 heterocycles. The van der Waals surface area contributed by atoms with Crippen LogP contribution in [0.25, 0.3) is 0 Å². The maximum Gasteiger partial charge on any atom is 0.230 e. The Morgan fingerprint density at radius 1 is 1.50 bits per heavy atom. The molecular weight excluding hydrogens is 230 g/mol. The predicted octanol–water partition coefficient (Wildman–Crippen LogP) is 1.85. The van der Waals surface area contributed by atoms with Crippen LogP contribution >= 0.6 is 0 Å². The zero-order valence-corrected chi connectivity index (χ0v) is 11.4. The van der Waals surface area contributed by atoms with Crippen LogP contribution in [0.15, 0.2) is 5.16 Å². The van der Waals surface area contributed by atoms with Gasteiger partial charge in [0.1, 0.15) is 0 Å². The molecule has 0 aromatic rings. The van der Waals surface area contributed by atoms with Crippen molar-refractivity contribution in [3.05, 3.63) is 0 Å². The molecule has 1 aliphatic rings. The molecule has 0 aromatic heterocycles. The Labute approximate surface area is 109 Å². The highest BCUT2D eigenvalue weighted by Gasteiger charge is 2.30. The first kappa shape index (κ1) is 14.8. The number of nitrogens with two attached hydrogens (primary N) is 1. The minimum atomic E-state index is -0.509. The van der Waals surface area contributed by atoms with Gasteiger partial charge in [0.15, 0.2) is 5.84 Å². The summed E-state index contributed by atoms with van der Waals surface area (Å²) in [5.41, 5.74) is 5.78. The molecule has 0 spiro atoms. The lowest BCUT2D eigenvalue weighted by molar-refractivity contribution is -0.123. The molecule has 0 aromatic carbocycles. The van der Waals surface area contributed by atoms with Gasteiger partial charge in [-0.15, -0.1) is 0 Å². The summed E-state index contributed by atoms with van der Waals surface area (Å²) < 4.78 is 0. The maximum atomic E-state index is 12.0. The molecule has 1 unspecified atom stereocenters. The number of nitrogens with one attached hydrogen (secondary N) is 1. The first-order chi connectivity index (χ1) is 8.52. The smallest absolute Gasteiger partial charge is 0.230 e. The molecule has 0 aliphatic heterocycles. The molecule has 1 aliphatic carbocycles. The average molecular weight is 255 g/mol. The van der Waals surface area contributed by atoms with E-state index in [0.717, 1.165) is 19.3 Å². The minimum absolute atomic E-state index is 0.00549. The van der Waals surface area contributed by atoms with E-state index in [1.807, 2.05) is 6.92 Å². The molecule has 5 heteroatoms. The number of amidine groups is 1. The van der Waals surface area contributed by atoms with Crippen LogP contribution in [-0.4, -0.2) is 23.5 Å². The number of oxime groups is 1. The highest BCUT2D eigenvalue weighted by molar-refractivity contribution is 6.02. The summed E-state index contributed by atoms with van der Waals surface area (Å²) >= 11 is 0. The summed E-state index contributed by atoms with van der Waals surface area (Å²) in [6.07, 6.45) is 6.24. The third-order valence-electron chi connectivity index (χ3n) is 3.87. The van der Waals surface area contributed by atoms with E-state index < -0.39 is 5.92 Å². The van der Waals surface area contributed by atoms with Gasteiger partial charge in [0.2, 0.25) is 5.91 Å². The van der Waals surface area contributed by atoms with Crippen LogP contribution in [0.4, 0.5) is 0 Å². The van der Waals surface area contributed by atoms with Crippen molar-refractivity contribution in [2.75, 3.05) is 6.54 Å². The van der Waals surface area contributed by atoms with E-state index >= 15 is 0 Å². The van der Waals surface area contributed by atoms with Gasteiger partial charge >= 0.3 is 0 Å². The van der Waals surface area contributed by atoms with Crippen molar-refractivity contribution in [1.29, 1.82) is 0 Å². The summed E-state index contributed by atoms with van der Waals surface area (Å²) in [4.78, 5) is 12.0. The quantitative estimate of drug-likeness (QED) is 0.293. The molecule has 1 fully saturated rings. The number of amides is 1. The van der Waals surface area contributed by atoms with E-state index in [4.69, 9.17) is 10.9 Å². The Morgan fingerprint density at radius 2 is 2.11 bits per heavy atom. The summed E-state index contributed by atoms with van der Waals surface area (Å²) in [5.74, 6) is -0.629. The zero-order chi connectivity index (χ0) is 13.6. The molecule has 4 N–H and O–H groups in total. The van der Waals surface area contributed by atoms with Crippen LogP contribution in [0.1, 0.15) is 52.4 Å². The van der Waals surface area contributed by atoms with E-state index in [2.05, 4.69) is 17.4 Å². The summed E-state index contributed by atoms with van der Waals surface area (Å²) in [6.45, 7) is 4.87. The van der Waals surface area contributed by atoms with Gasteiger partial charge in [-0.2, -0.15) is 0 Å². The van der Waals surface area contributed by atoms with Crippen molar-refractivity contribution in [2.24, 2.45) is 22.2 Å². The van der Waals surface area contributed by atoms with E-state index in [1.165, 1.54) is 12.8 Å². The minimum Gasteiger partial charge on any atom is -0.409 e. The topological polar surface area (TPSA) is 87.7 Å². The molecule has 1 saturated carbocycles. The Balaban J connectivity index is 2.51. The number of carbonyl (C=O) groups is 1. The number of rotatable bonds is 6. The second-order valence-corrected chi connectivity index (χ2v) is 5.60. The molecule has 0 radical (unpaired) electrons. The van der Waals surface area contributed by atoms with Crippen molar-refractivity contribution in [3.8, 4) is 0 Å². The molecule has 0 bridgehead atoms. The van der Waals surface area contributed by atoms with Gasteiger partial charge in [-0.05, 0) is 24.7 Å². The van der Waals surface area contributed by atoms with Gasteiger partial charge in [0.05, 0.1) is 5.92 Å². The molecule has 1 amide bonds. The fraction of sp³-hybridized carbons (Fsp3) is 0.846. The molecule has 5 nitrogen and oxygen atoms in total. The van der Waals surface area contributed by atoms with E-state index in [-0.39, 0.29) is 17.2 Å². The summed E-state index contributed by atoms with van der Waals surface area (Å²) in [6, 6.07) is 0. The first-order valence-electron chi connectivity index (χ1n) is 6.77. The van der Waals surface area contributed by atoms with Gasteiger partial charge < -0.3 is 16.3 Å². The fourth-order valence-electron chi connectivity index (χ4n) is 2.60. The van der Waals surface area contributed by atoms with Crippen molar-refractivity contribution in [3.63, 3.8) is 0 Å². The lowest BCUT2D eigenvalue weighted by atomic mass is 9.88. The van der Waals surface area contributed by atoms with Crippen LogP contribution in [-0.2, 0) is 4.79 Å². The van der Waals surface area contributed by atoms with Gasteiger partial charge in [-0.3, -0.25) is 4.79 Å². The van der Waals surface area contributed by atoms with Gasteiger partial charge in [-0.25, -0.2) is 0 Å². The van der Waals surface area contributed by atoms with Gasteiger partial charge in [0.25, 0.3) is 0 Å². The Morgan fingerprint density at radius 3 is 2.61 bits per heavy atom. The van der Waals surface area contributed by atoms with Crippen molar-refractivity contribution >= 4 is 11.7 Å². The Hall–Kier alpha value is -1.26. The normalized spacial score (nSPS) is 20.7. The van der Waals surface area contributed by atoms with Gasteiger partial charge in [-0.1, -0.05) is 38.3 Å². The molecule has 0 saturated heterocycles. The zero-order valence-electron chi connectivity index (χ0n) is 11.4. The third-order valence-corrected chi connectivity index (χ3v) is 3.87. The summed E-state index contributed by atoms with van der Waals surface area (Å²) in [7, 11) is 0. The van der Waals surface area contributed by atoms with E-state index in [9.17, 15) is 4.79 Å². The molecular formula is C13H25N3O2. The Kier molecular flexibility index (Phi) is 5.44. The number of carbonyl (C=O) groups excluding carboxylic acids is 1. The monoisotopic (exact) mass is 255 g/mol. The Bertz CT molecular complexity index is 309. The van der Waals surface area contributed by atoms with Crippen LogP contribution in [0, 0.1) is 11.3 Å². The van der Waals surface area contributed by atoms with Crippen LogP contribution in [0.5, 0.6) is 0 Å². The number of hydrogen-bond donors (Lipinski definition) is 3. The van der Waals surface area contributed by atoms with Crippen LogP contribution in [0.3, 0.4) is 0 Å². The molecule has 18 heavy (non-hydrogen) atoms. The van der Waals surface area contributed by atoms with E-state index in [1.54, 1.807) is 0 Å². The first-order valence-corrected chi connectivity index (χ1v) is 6.77. The number of hydrogen-bond acceptors (Lipinski definition) is 3. The van der Waals surface area contributed by atoms with E-state index in [0.29, 0.717) is 13.0 Å². The summed E-state index contributed by atoms with van der Waals surface area (Å²) in [5, 5.41) is 14.6. The lowest BCUT2D eigenvalue weighted by Gasteiger charge is -2.25. The second-order valence-electron chi connectivity index (χ2n) is 5.60. The second kappa shape index (κ2) is 6.61. The average Bonchev–Trinajstić information content (AvgIpc) is 2.79. The lowest BCUT2D eigenvalue weighted by Crippen LogP contribution is -2.42. The van der Waals surface area contributed by atoms with Crippen molar-refractivity contribution < 1.29 is 10.0 Å². The van der Waals surface area contributed by atoms with Crippen molar-refractivity contribution in [2.45, 2.75) is 52.4 Å². The predicted molar refractivity (Wildman–Crippen MR) is 71.4 cm³/mol. The largest absolute Gasteiger partial charge is 0.409 e. The SMILES string of the molecule is CCCC(C(=O)NCC1(C)CCCC1)C(N)=NO. The van der Waals surface area contributed by atoms with Crippen LogP contribution < -0.4 is 11.1 Å². The van der Waals surface area contributed by atoms with Gasteiger partial charge in [0, 0.05) is 6.54 Å². The molecule has 1 atom stereocenters. The highest BCUT2D eigenvalue weighted by Crippen LogP contribution is 2.36.